The third-order valence-corrected chi connectivity index (χ3v) is 4.59. The Bertz CT molecular complexity index is 455. The summed E-state index contributed by atoms with van der Waals surface area (Å²) in [6.45, 7) is 1.56. The van der Waals surface area contributed by atoms with Gasteiger partial charge in [-0.05, 0) is 47.1 Å². The maximum Gasteiger partial charge on any atom is 0.326 e. The first-order valence-corrected chi connectivity index (χ1v) is 6.98. The second kappa shape index (κ2) is 4.78. The molecule has 4 nitrogen and oxygen atoms in total. The number of halogens is 1. The number of carbonyl (C=O) groups excluding carboxylic acids is 1. The van der Waals surface area contributed by atoms with E-state index in [1.165, 1.54) is 16.2 Å². The van der Waals surface area contributed by atoms with Gasteiger partial charge in [-0.3, -0.25) is 4.79 Å². The number of carbonyl (C=O) groups is 2. The Labute approximate surface area is 111 Å². The first-order chi connectivity index (χ1) is 8.02. The van der Waals surface area contributed by atoms with Crippen LogP contribution >= 0.6 is 27.3 Å². The highest BCUT2D eigenvalue weighted by Crippen LogP contribution is 2.33. The molecule has 92 valence electrons. The van der Waals surface area contributed by atoms with E-state index in [0.717, 1.165) is 17.3 Å². The molecule has 0 bridgehead atoms. The molecule has 17 heavy (non-hydrogen) atoms. The minimum absolute atomic E-state index is 0.0857. The third kappa shape index (κ3) is 2.52. The fourth-order valence-corrected chi connectivity index (χ4v) is 3.18. The highest BCUT2D eigenvalue weighted by Gasteiger charge is 2.39. The third-order valence-electron chi connectivity index (χ3n) is 2.76. The molecule has 1 aliphatic carbocycles. The van der Waals surface area contributed by atoms with Crippen LogP contribution in [0.1, 0.15) is 29.4 Å². The van der Waals surface area contributed by atoms with Crippen LogP contribution in [0.3, 0.4) is 0 Å². The van der Waals surface area contributed by atoms with Crippen molar-refractivity contribution in [3.8, 4) is 0 Å². The first kappa shape index (κ1) is 12.6. The maximum absolute atomic E-state index is 12.3. The zero-order chi connectivity index (χ0) is 12.6. The number of nitrogens with zero attached hydrogens (tertiary/aromatic N) is 1. The van der Waals surface area contributed by atoms with Gasteiger partial charge in [0.05, 0.1) is 0 Å². The average molecular weight is 318 g/mol. The van der Waals surface area contributed by atoms with Crippen LogP contribution in [0.5, 0.6) is 0 Å². The zero-order valence-electron chi connectivity index (χ0n) is 9.22. The number of thiophene rings is 1. The monoisotopic (exact) mass is 317 g/mol. The fraction of sp³-hybridized carbons (Fsp3) is 0.455. The summed E-state index contributed by atoms with van der Waals surface area (Å²) >= 11 is 4.64. The van der Waals surface area contributed by atoms with Gasteiger partial charge >= 0.3 is 5.97 Å². The van der Waals surface area contributed by atoms with Crippen molar-refractivity contribution in [1.82, 2.24) is 4.90 Å². The molecule has 0 aliphatic heterocycles. The topological polar surface area (TPSA) is 57.6 Å². The SMILES string of the molecule is CC(C(=O)O)N(C(=O)c1sccc1Br)C1CC1. The average Bonchev–Trinajstić information content (AvgIpc) is 3.00. The molecule has 1 fully saturated rings. The summed E-state index contributed by atoms with van der Waals surface area (Å²) < 4.78 is 0.732. The number of carboxylic acids is 1. The van der Waals surface area contributed by atoms with Gasteiger partial charge < -0.3 is 10.0 Å². The minimum atomic E-state index is -0.960. The molecule has 1 saturated carbocycles. The normalized spacial score (nSPS) is 16.6. The van der Waals surface area contributed by atoms with E-state index in [2.05, 4.69) is 15.9 Å². The molecule has 1 unspecified atom stereocenters. The predicted octanol–water partition coefficient (Wildman–Crippen LogP) is 2.59. The highest BCUT2D eigenvalue weighted by atomic mass is 79.9. The maximum atomic E-state index is 12.3. The number of carboxylic acid groups (broad SMARTS) is 1. The van der Waals surface area contributed by atoms with Crippen LogP contribution in [0.2, 0.25) is 0 Å². The molecule has 0 spiro atoms. The lowest BCUT2D eigenvalue weighted by molar-refractivity contribution is -0.141. The summed E-state index contributed by atoms with van der Waals surface area (Å²) in [7, 11) is 0. The van der Waals surface area contributed by atoms with Crippen molar-refractivity contribution in [3.63, 3.8) is 0 Å². The lowest BCUT2D eigenvalue weighted by atomic mass is 10.2. The summed E-state index contributed by atoms with van der Waals surface area (Å²) in [5.41, 5.74) is 0. The minimum Gasteiger partial charge on any atom is -0.480 e. The molecule has 1 atom stereocenters. The Hall–Kier alpha value is -0.880. The van der Waals surface area contributed by atoms with Crippen molar-refractivity contribution >= 4 is 39.1 Å². The Morgan fingerprint density at radius 2 is 2.24 bits per heavy atom. The van der Waals surface area contributed by atoms with Gasteiger partial charge in [0.1, 0.15) is 10.9 Å². The van der Waals surface area contributed by atoms with E-state index in [4.69, 9.17) is 5.11 Å². The second-order valence-electron chi connectivity index (χ2n) is 4.06. The Balaban J connectivity index is 2.25. The van der Waals surface area contributed by atoms with Crippen LogP contribution in [0.25, 0.3) is 0 Å². The molecular weight excluding hydrogens is 306 g/mol. The summed E-state index contributed by atoms with van der Waals surface area (Å²) in [5.74, 6) is -1.15. The molecule has 1 aromatic rings. The molecular formula is C11H12BrNO3S. The smallest absolute Gasteiger partial charge is 0.326 e. The van der Waals surface area contributed by atoms with Gasteiger partial charge in [0.2, 0.25) is 0 Å². The molecule has 1 N–H and O–H groups in total. The lowest BCUT2D eigenvalue weighted by Gasteiger charge is -2.26. The van der Waals surface area contributed by atoms with E-state index in [-0.39, 0.29) is 11.9 Å². The van der Waals surface area contributed by atoms with E-state index in [0.29, 0.717) is 4.88 Å². The summed E-state index contributed by atoms with van der Waals surface area (Å²) in [4.78, 5) is 25.4. The molecule has 1 aliphatic rings. The molecule has 1 heterocycles. The van der Waals surface area contributed by atoms with Crippen LogP contribution < -0.4 is 0 Å². The van der Waals surface area contributed by atoms with E-state index >= 15 is 0 Å². The molecule has 2 rings (SSSR count). The quantitative estimate of drug-likeness (QED) is 0.928. The van der Waals surface area contributed by atoms with Crippen LogP contribution in [0.4, 0.5) is 0 Å². The molecule has 6 heteroatoms. The summed E-state index contributed by atoms with van der Waals surface area (Å²) in [6, 6.07) is 1.11. The van der Waals surface area contributed by atoms with E-state index in [9.17, 15) is 9.59 Å². The van der Waals surface area contributed by atoms with Gasteiger partial charge in [-0.25, -0.2) is 4.79 Å². The van der Waals surface area contributed by atoms with Crippen molar-refractivity contribution in [2.75, 3.05) is 0 Å². The Morgan fingerprint density at radius 3 is 2.65 bits per heavy atom. The number of rotatable bonds is 4. The Morgan fingerprint density at radius 1 is 1.59 bits per heavy atom. The van der Waals surface area contributed by atoms with Crippen molar-refractivity contribution < 1.29 is 14.7 Å². The van der Waals surface area contributed by atoms with Gasteiger partial charge in [-0.1, -0.05) is 0 Å². The zero-order valence-corrected chi connectivity index (χ0v) is 11.6. The highest BCUT2D eigenvalue weighted by molar-refractivity contribution is 9.10. The number of hydrogen-bond acceptors (Lipinski definition) is 3. The van der Waals surface area contributed by atoms with Gasteiger partial charge in [0.15, 0.2) is 0 Å². The predicted molar refractivity (Wildman–Crippen MR) is 68.3 cm³/mol. The van der Waals surface area contributed by atoms with Crippen molar-refractivity contribution in [1.29, 1.82) is 0 Å². The van der Waals surface area contributed by atoms with Gasteiger partial charge in [0.25, 0.3) is 5.91 Å². The van der Waals surface area contributed by atoms with Crippen LogP contribution in [0, 0.1) is 0 Å². The molecule has 1 aromatic heterocycles. The molecule has 0 aromatic carbocycles. The number of aliphatic carboxylic acids is 1. The van der Waals surface area contributed by atoms with E-state index in [1.54, 1.807) is 13.0 Å². The summed E-state index contributed by atoms with van der Waals surface area (Å²) in [6.07, 6.45) is 1.79. The number of hydrogen-bond donors (Lipinski definition) is 1. The van der Waals surface area contributed by atoms with E-state index < -0.39 is 12.0 Å². The Kier molecular flexibility index (Phi) is 3.53. The van der Waals surface area contributed by atoms with Crippen molar-refractivity contribution in [3.05, 3.63) is 20.8 Å². The number of amides is 1. The van der Waals surface area contributed by atoms with Gasteiger partial charge in [-0.15, -0.1) is 11.3 Å². The first-order valence-electron chi connectivity index (χ1n) is 5.31. The second-order valence-corrected chi connectivity index (χ2v) is 5.83. The molecule has 1 amide bonds. The largest absolute Gasteiger partial charge is 0.480 e. The summed E-state index contributed by atoms with van der Waals surface area (Å²) in [5, 5.41) is 10.9. The van der Waals surface area contributed by atoms with Crippen LogP contribution in [-0.4, -0.2) is 34.0 Å². The lowest BCUT2D eigenvalue weighted by Crippen LogP contribution is -2.44. The van der Waals surface area contributed by atoms with Crippen LogP contribution in [-0.2, 0) is 4.79 Å². The molecule has 0 saturated heterocycles. The van der Waals surface area contributed by atoms with E-state index in [1.807, 2.05) is 5.38 Å². The van der Waals surface area contributed by atoms with Gasteiger partial charge in [0, 0.05) is 10.5 Å². The van der Waals surface area contributed by atoms with Crippen molar-refractivity contribution in [2.24, 2.45) is 0 Å². The fourth-order valence-electron chi connectivity index (χ4n) is 1.69. The van der Waals surface area contributed by atoms with Crippen molar-refractivity contribution in [2.45, 2.75) is 31.8 Å². The van der Waals surface area contributed by atoms with Gasteiger partial charge in [-0.2, -0.15) is 0 Å². The molecule has 0 radical (unpaired) electrons. The standard InChI is InChI=1S/C11H12BrNO3S/c1-6(11(15)16)13(7-2-3-7)10(14)9-8(12)4-5-17-9/h4-7H,2-3H2,1H3,(H,15,16). The van der Waals surface area contributed by atoms with Crippen LogP contribution in [0.15, 0.2) is 15.9 Å².